The Morgan fingerprint density at radius 1 is 0.939 bits per heavy atom. The van der Waals surface area contributed by atoms with Gasteiger partial charge in [-0.2, -0.15) is 10.2 Å². The second-order valence-electron chi connectivity index (χ2n) is 8.91. The van der Waals surface area contributed by atoms with Crippen LogP contribution in [0.2, 0.25) is 0 Å². The van der Waals surface area contributed by atoms with Gasteiger partial charge in [0, 0.05) is 5.39 Å². The van der Waals surface area contributed by atoms with Crippen molar-refractivity contribution in [2.24, 2.45) is 5.10 Å². The molecule has 33 heavy (non-hydrogen) atoms. The van der Waals surface area contributed by atoms with Gasteiger partial charge in [-0.3, -0.25) is 9.59 Å². The highest BCUT2D eigenvalue weighted by atomic mass is 16.2. The summed E-state index contributed by atoms with van der Waals surface area (Å²) in [6.07, 6.45) is 1.59. The van der Waals surface area contributed by atoms with E-state index < -0.39 is 5.91 Å². The number of hydrogen-bond donors (Lipinski definition) is 1. The maximum absolute atomic E-state index is 12.9. The first-order valence-electron chi connectivity index (χ1n) is 10.8. The summed E-state index contributed by atoms with van der Waals surface area (Å²) in [5.41, 5.74) is 5.54. The van der Waals surface area contributed by atoms with Crippen molar-refractivity contribution < 1.29 is 4.79 Å². The van der Waals surface area contributed by atoms with E-state index in [2.05, 4.69) is 48.5 Å². The van der Waals surface area contributed by atoms with Gasteiger partial charge in [0.15, 0.2) is 5.69 Å². The van der Waals surface area contributed by atoms with Crippen molar-refractivity contribution in [2.75, 3.05) is 0 Å². The number of fused-ring (bicyclic) bond motifs is 1. The lowest BCUT2D eigenvalue weighted by Crippen LogP contribution is -2.29. The minimum absolute atomic E-state index is 0.0689. The van der Waals surface area contributed by atoms with Crippen LogP contribution in [0.3, 0.4) is 0 Å². The topological polar surface area (TPSA) is 76.3 Å². The van der Waals surface area contributed by atoms with E-state index in [1.54, 1.807) is 30.5 Å². The molecule has 0 spiro atoms. The van der Waals surface area contributed by atoms with Gasteiger partial charge in [-0.25, -0.2) is 10.1 Å². The number of amides is 1. The molecule has 0 fully saturated rings. The molecule has 0 aliphatic rings. The van der Waals surface area contributed by atoms with Crippen LogP contribution in [0.25, 0.3) is 10.8 Å². The largest absolute Gasteiger partial charge is 0.292 e. The Morgan fingerprint density at radius 3 is 2.24 bits per heavy atom. The molecule has 0 aliphatic heterocycles. The van der Waals surface area contributed by atoms with E-state index in [1.807, 2.05) is 42.5 Å². The van der Waals surface area contributed by atoms with Gasteiger partial charge >= 0.3 is 0 Å². The third-order valence-corrected chi connectivity index (χ3v) is 5.41. The maximum atomic E-state index is 12.9. The second-order valence-corrected chi connectivity index (χ2v) is 8.91. The Labute approximate surface area is 192 Å². The van der Waals surface area contributed by atoms with Crippen LogP contribution in [0.1, 0.15) is 48.0 Å². The third-order valence-electron chi connectivity index (χ3n) is 5.41. The van der Waals surface area contributed by atoms with Crippen LogP contribution >= 0.6 is 0 Å². The third kappa shape index (κ3) is 5.06. The Morgan fingerprint density at radius 2 is 1.58 bits per heavy atom. The van der Waals surface area contributed by atoms with E-state index in [0.717, 1.165) is 11.1 Å². The molecule has 0 unspecified atom stereocenters. The predicted octanol–water partition coefficient (Wildman–Crippen LogP) is 4.51. The molecular formula is C27H26N4O2. The van der Waals surface area contributed by atoms with Crippen LogP contribution in [-0.4, -0.2) is 21.9 Å². The molecule has 0 atom stereocenters. The lowest BCUT2D eigenvalue weighted by atomic mass is 9.87. The average Bonchev–Trinajstić information content (AvgIpc) is 2.81. The van der Waals surface area contributed by atoms with Crippen molar-refractivity contribution >= 4 is 22.9 Å². The van der Waals surface area contributed by atoms with Crippen LogP contribution in [0.4, 0.5) is 0 Å². The van der Waals surface area contributed by atoms with Crippen molar-refractivity contribution in [3.05, 3.63) is 112 Å². The van der Waals surface area contributed by atoms with Gasteiger partial charge in [-0.1, -0.05) is 93.6 Å². The molecule has 0 radical (unpaired) electrons. The number of nitrogens with zero attached hydrogens (tertiary/aromatic N) is 3. The van der Waals surface area contributed by atoms with Gasteiger partial charge in [0.1, 0.15) is 0 Å². The molecule has 166 valence electrons. The summed E-state index contributed by atoms with van der Waals surface area (Å²) in [6, 6.07) is 24.6. The highest BCUT2D eigenvalue weighted by molar-refractivity contribution is 6.04. The Balaban J connectivity index is 1.60. The standard InChI is InChI=1S/C27H26N4O2/c1-27(2,3)21-15-13-19(14-16-21)17-28-29-25(32)24-22-11-7-8-12-23(22)26(33)31(30-24)18-20-9-5-4-6-10-20/h4-17H,18H2,1-3H3,(H,29,32)/b28-17-. The molecule has 6 heteroatoms. The molecule has 3 aromatic carbocycles. The van der Waals surface area contributed by atoms with E-state index in [0.29, 0.717) is 10.8 Å². The predicted molar refractivity (Wildman–Crippen MR) is 132 cm³/mol. The fourth-order valence-corrected chi connectivity index (χ4v) is 3.55. The average molecular weight is 439 g/mol. The van der Waals surface area contributed by atoms with Crippen molar-refractivity contribution in [3.63, 3.8) is 0 Å². The zero-order valence-corrected chi connectivity index (χ0v) is 18.9. The first-order chi connectivity index (χ1) is 15.8. The SMILES string of the molecule is CC(C)(C)c1ccc(/C=N\NC(=O)c2nn(Cc3ccccc3)c(=O)c3ccccc23)cc1. The number of carbonyl (C=O) groups is 1. The molecule has 0 aliphatic carbocycles. The summed E-state index contributed by atoms with van der Waals surface area (Å²) in [5, 5.41) is 9.41. The molecule has 1 N–H and O–H groups in total. The summed E-state index contributed by atoms with van der Waals surface area (Å²) in [5.74, 6) is -0.476. The molecule has 1 amide bonds. The van der Waals surface area contributed by atoms with Gasteiger partial charge in [0.05, 0.1) is 18.1 Å². The van der Waals surface area contributed by atoms with Gasteiger partial charge in [-0.15, -0.1) is 0 Å². The van der Waals surface area contributed by atoms with E-state index in [-0.39, 0.29) is 23.2 Å². The van der Waals surface area contributed by atoms with E-state index in [9.17, 15) is 9.59 Å². The minimum atomic E-state index is -0.476. The van der Waals surface area contributed by atoms with Crippen LogP contribution in [0, 0.1) is 0 Å². The highest BCUT2D eigenvalue weighted by Crippen LogP contribution is 2.21. The number of carbonyl (C=O) groups excluding carboxylic acids is 1. The number of hydrogen-bond acceptors (Lipinski definition) is 4. The quantitative estimate of drug-likeness (QED) is 0.368. The van der Waals surface area contributed by atoms with E-state index >= 15 is 0 Å². The van der Waals surface area contributed by atoms with Gasteiger partial charge in [0.2, 0.25) is 0 Å². The number of rotatable bonds is 5. The van der Waals surface area contributed by atoms with Crippen LogP contribution in [-0.2, 0) is 12.0 Å². The van der Waals surface area contributed by atoms with E-state index in [1.165, 1.54) is 10.2 Å². The summed E-state index contributed by atoms with van der Waals surface area (Å²) in [4.78, 5) is 25.9. The number of nitrogens with one attached hydrogen (secondary N) is 1. The number of benzene rings is 3. The maximum Gasteiger partial charge on any atom is 0.292 e. The second kappa shape index (κ2) is 9.20. The smallest absolute Gasteiger partial charge is 0.267 e. The Hall–Kier alpha value is -4.06. The first-order valence-corrected chi connectivity index (χ1v) is 10.8. The molecular weight excluding hydrogens is 412 g/mol. The summed E-state index contributed by atoms with van der Waals surface area (Å²) >= 11 is 0. The zero-order chi connectivity index (χ0) is 23.4. The zero-order valence-electron chi connectivity index (χ0n) is 18.9. The lowest BCUT2D eigenvalue weighted by Gasteiger charge is -2.18. The summed E-state index contributed by atoms with van der Waals surface area (Å²) in [6.45, 7) is 6.74. The molecule has 1 aromatic heterocycles. The molecule has 4 rings (SSSR count). The number of hydrazone groups is 1. The summed E-state index contributed by atoms with van der Waals surface area (Å²) in [7, 11) is 0. The summed E-state index contributed by atoms with van der Waals surface area (Å²) < 4.78 is 1.32. The molecule has 0 saturated heterocycles. The molecule has 1 heterocycles. The van der Waals surface area contributed by atoms with Crippen LogP contribution in [0.15, 0.2) is 88.8 Å². The highest BCUT2D eigenvalue weighted by Gasteiger charge is 2.17. The van der Waals surface area contributed by atoms with Gasteiger partial charge < -0.3 is 0 Å². The number of aromatic nitrogens is 2. The molecule has 6 nitrogen and oxygen atoms in total. The Kier molecular flexibility index (Phi) is 6.18. The Bertz CT molecular complexity index is 1370. The van der Waals surface area contributed by atoms with Gasteiger partial charge in [0.25, 0.3) is 11.5 Å². The fraction of sp³-hybridized carbons (Fsp3) is 0.185. The van der Waals surface area contributed by atoms with E-state index in [4.69, 9.17) is 0 Å². The first kappa shape index (κ1) is 22.1. The molecule has 0 saturated carbocycles. The fourth-order valence-electron chi connectivity index (χ4n) is 3.55. The minimum Gasteiger partial charge on any atom is -0.267 e. The monoisotopic (exact) mass is 438 g/mol. The van der Waals surface area contributed by atoms with Crippen LogP contribution in [0.5, 0.6) is 0 Å². The van der Waals surface area contributed by atoms with Crippen molar-refractivity contribution in [1.29, 1.82) is 0 Å². The van der Waals surface area contributed by atoms with Gasteiger partial charge in [-0.05, 0) is 28.2 Å². The van der Waals surface area contributed by atoms with Crippen molar-refractivity contribution in [3.8, 4) is 0 Å². The lowest BCUT2D eigenvalue weighted by molar-refractivity contribution is 0.0949. The van der Waals surface area contributed by atoms with Crippen molar-refractivity contribution in [2.45, 2.75) is 32.7 Å². The van der Waals surface area contributed by atoms with Crippen LogP contribution < -0.4 is 11.0 Å². The van der Waals surface area contributed by atoms with Crippen molar-refractivity contribution in [1.82, 2.24) is 15.2 Å². The molecule has 4 aromatic rings. The molecule has 0 bridgehead atoms. The normalized spacial score (nSPS) is 11.7.